The number of aliphatic hydroxyl groups excluding tert-OH is 1. The van der Waals surface area contributed by atoms with E-state index in [1.165, 1.54) is 16.3 Å². The summed E-state index contributed by atoms with van der Waals surface area (Å²) in [6.07, 6.45) is 4.92. The van der Waals surface area contributed by atoms with Gasteiger partial charge in [-0.15, -0.1) is 0 Å². The summed E-state index contributed by atoms with van der Waals surface area (Å²) in [5.74, 6) is 0.502. The molecule has 2 aliphatic carbocycles. The van der Waals surface area contributed by atoms with Crippen LogP contribution in [0.2, 0.25) is 0 Å². The summed E-state index contributed by atoms with van der Waals surface area (Å²) in [4.78, 5) is 12.6. The van der Waals surface area contributed by atoms with Gasteiger partial charge in [0, 0.05) is 5.92 Å². The van der Waals surface area contributed by atoms with E-state index in [-0.39, 0.29) is 24.0 Å². The number of aliphatic hydroxyl groups is 1. The minimum Gasteiger partial charge on any atom is -0.394 e. The molecule has 0 aliphatic heterocycles. The van der Waals surface area contributed by atoms with E-state index >= 15 is 0 Å². The summed E-state index contributed by atoms with van der Waals surface area (Å²) in [7, 11) is 0. The highest BCUT2D eigenvalue weighted by Crippen LogP contribution is 2.50. The molecule has 2 aromatic rings. The van der Waals surface area contributed by atoms with Crippen LogP contribution in [0.15, 0.2) is 42.5 Å². The van der Waals surface area contributed by atoms with Crippen LogP contribution >= 0.6 is 0 Å². The molecule has 1 amide bonds. The zero-order chi connectivity index (χ0) is 15.9. The molecule has 2 N–H and O–H groups in total. The average molecular weight is 309 g/mol. The lowest BCUT2D eigenvalue weighted by atomic mass is 9.97. The maximum Gasteiger partial charge on any atom is 0.224 e. The van der Waals surface area contributed by atoms with Crippen molar-refractivity contribution in [3.63, 3.8) is 0 Å². The Morgan fingerprint density at radius 3 is 2.65 bits per heavy atom. The van der Waals surface area contributed by atoms with Gasteiger partial charge in [-0.3, -0.25) is 4.79 Å². The molecule has 3 heteroatoms. The zero-order valence-corrected chi connectivity index (χ0v) is 13.3. The number of hydrogen-bond donors (Lipinski definition) is 2. The molecule has 4 rings (SSSR count). The monoisotopic (exact) mass is 309 g/mol. The number of carbonyl (C=O) groups is 1. The molecule has 3 nitrogen and oxygen atoms in total. The van der Waals surface area contributed by atoms with E-state index in [0.29, 0.717) is 5.92 Å². The van der Waals surface area contributed by atoms with Crippen LogP contribution in [-0.4, -0.2) is 23.2 Å². The van der Waals surface area contributed by atoms with Crippen LogP contribution in [0.5, 0.6) is 0 Å². The summed E-state index contributed by atoms with van der Waals surface area (Å²) >= 11 is 0. The van der Waals surface area contributed by atoms with Crippen LogP contribution in [0.4, 0.5) is 0 Å². The molecule has 2 unspecified atom stereocenters. The third kappa shape index (κ3) is 2.63. The lowest BCUT2D eigenvalue weighted by Gasteiger charge is -2.28. The molecule has 2 aromatic carbocycles. The normalized spacial score (nSPS) is 25.4. The number of nitrogens with one attached hydrogen (secondary N) is 1. The molecule has 120 valence electrons. The molecular formula is C20H23NO2. The van der Waals surface area contributed by atoms with E-state index in [9.17, 15) is 9.90 Å². The van der Waals surface area contributed by atoms with Crippen molar-refractivity contribution in [3.8, 4) is 0 Å². The Morgan fingerprint density at radius 2 is 1.87 bits per heavy atom. The molecule has 0 aromatic heterocycles. The van der Waals surface area contributed by atoms with E-state index in [4.69, 9.17) is 0 Å². The molecule has 23 heavy (non-hydrogen) atoms. The van der Waals surface area contributed by atoms with Crippen molar-refractivity contribution in [1.29, 1.82) is 0 Å². The fraction of sp³-hybridized carbons (Fsp3) is 0.450. The van der Waals surface area contributed by atoms with Gasteiger partial charge in [0.1, 0.15) is 0 Å². The van der Waals surface area contributed by atoms with Crippen molar-refractivity contribution >= 4 is 16.7 Å². The minimum absolute atomic E-state index is 0.0599. The van der Waals surface area contributed by atoms with Crippen LogP contribution < -0.4 is 5.32 Å². The summed E-state index contributed by atoms with van der Waals surface area (Å²) in [5.41, 5.74) is 0.927. The molecule has 0 heterocycles. The van der Waals surface area contributed by atoms with Gasteiger partial charge in [-0.05, 0) is 41.5 Å². The fourth-order valence-electron chi connectivity index (χ4n) is 4.13. The van der Waals surface area contributed by atoms with E-state index < -0.39 is 0 Å². The Bertz CT molecular complexity index is 728. The second-order valence-electron chi connectivity index (χ2n) is 7.15. The van der Waals surface area contributed by atoms with Gasteiger partial charge in [0.15, 0.2) is 0 Å². The first kappa shape index (κ1) is 14.7. The second-order valence-corrected chi connectivity index (χ2v) is 7.15. The molecule has 0 radical (unpaired) electrons. The predicted molar refractivity (Wildman–Crippen MR) is 91.2 cm³/mol. The third-order valence-corrected chi connectivity index (χ3v) is 5.60. The van der Waals surface area contributed by atoms with Gasteiger partial charge < -0.3 is 10.4 Å². The van der Waals surface area contributed by atoms with Gasteiger partial charge in [-0.2, -0.15) is 0 Å². The number of carbonyl (C=O) groups excluding carboxylic acids is 1. The number of fused-ring (bicyclic) bond motifs is 1. The smallest absolute Gasteiger partial charge is 0.224 e. The number of benzene rings is 2. The Labute approximate surface area is 136 Å². The maximum atomic E-state index is 12.6. The molecule has 0 saturated heterocycles. The maximum absolute atomic E-state index is 12.6. The first-order valence-electron chi connectivity index (χ1n) is 8.63. The lowest BCUT2D eigenvalue weighted by Crippen LogP contribution is -2.49. The van der Waals surface area contributed by atoms with Gasteiger partial charge in [0.2, 0.25) is 5.91 Å². The first-order valence-corrected chi connectivity index (χ1v) is 8.63. The Kier molecular flexibility index (Phi) is 3.61. The first-order chi connectivity index (χ1) is 11.2. The highest BCUT2D eigenvalue weighted by atomic mass is 16.3. The Morgan fingerprint density at radius 1 is 1.13 bits per heavy atom. The predicted octanol–water partition coefficient (Wildman–Crippen LogP) is 3.36. The Balaban J connectivity index is 1.52. The van der Waals surface area contributed by atoms with Crippen molar-refractivity contribution in [2.75, 3.05) is 6.61 Å². The van der Waals surface area contributed by atoms with E-state index in [1.54, 1.807) is 0 Å². The second kappa shape index (κ2) is 5.64. The average Bonchev–Trinajstić information content (AvgIpc) is 3.26. The lowest BCUT2D eigenvalue weighted by molar-refractivity contribution is -0.124. The van der Waals surface area contributed by atoms with Crippen LogP contribution in [0.3, 0.4) is 0 Å². The highest BCUT2D eigenvalue weighted by molar-refractivity contribution is 5.89. The van der Waals surface area contributed by atoms with Crippen molar-refractivity contribution in [2.45, 2.75) is 43.6 Å². The number of hydrogen-bond acceptors (Lipinski definition) is 2. The summed E-state index contributed by atoms with van der Waals surface area (Å²) in [6.45, 7) is 0.0599. The topological polar surface area (TPSA) is 49.3 Å². The number of rotatable bonds is 4. The SMILES string of the molecule is O=C(NC1(CO)CCCC1)C1CC1c1cccc2ccccc12. The van der Waals surface area contributed by atoms with Gasteiger partial charge >= 0.3 is 0 Å². The van der Waals surface area contributed by atoms with E-state index in [1.807, 2.05) is 6.07 Å². The molecule has 2 fully saturated rings. The van der Waals surface area contributed by atoms with E-state index in [0.717, 1.165) is 32.1 Å². The van der Waals surface area contributed by atoms with Crippen molar-refractivity contribution < 1.29 is 9.90 Å². The standard InChI is InChI=1S/C20H23NO2/c22-13-20(10-3-4-11-20)21-19(23)18-12-17(18)16-9-5-7-14-6-1-2-8-15(14)16/h1-2,5-9,17-18,22H,3-4,10-13H2,(H,21,23). The van der Waals surface area contributed by atoms with Gasteiger partial charge in [0.25, 0.3) is 0 Å². The van der Waals surface area contributed by atoms with Crippen LogP contribution in [0, 0.1) is 5.92 Å². The van der Waals surface area contributed by atoms with Gasteiger partial charge in [-0.25, -0.2) is 0 Å². The molecule has 0 spiro atoms. The van der Waals surface area contributed by atoms with Crippen LogP contribution in [0.1, 0.15) is 43.6 Å². The fourth-order valence-corrected chi connectivity index (χ4v) is 4.13. The Hall–Kier alpha value is -1.87. The molecule has 2 saturated carbocycles. The van der Waals surface area contributed by atoms with Gasteiger partial charge in [-0.1, -0.05) is 55.3 Å². The third-order valence-electron chi connectivity index (χ3n) is 5.60. The molecule has 0 bridgehead atoms. The molecule has 2 atom stereocenters. The zero-order valence-electron chi connectivity index (χ0n) is 13.3. The molecular weight excluding hydrogens is 286 g/mol. The minimum atomic E-state index is -0.358. The highest BCUT2D eigenvalue weighted by Gasteiger charge is 2.47. The van der Waals surface area contributed by atoms with E-state index in [2.05, 4.69) is 41.7 Å². The number of amides is 1. The largest absolute Gasteiger partial charge is 0.394 e. The van der Waals surface area contributed by atoms with Crippen molar-refractivity contribution in [2.24, 2.45) is 5.92 Å². The quantitative estimate of drug-likeness (QED) is 0.910. The molecule has 2 aliphatic rings. The van der Waals surface area contributed by atoms with Crippen molar-refractivity contribution in [3.05, 3.63) is 48.0 Å². The van der Waals surface area contributed by atoms with Gasteiger partial charge in [0.05, 0.1) is 12.1 Å². The summed E-state index contributed by atoms with van der Waals surface area (Å²) < 4.78 is 0. The summed E-state index contributed by atoms with van der Waals surface area (Å²) in [6, 6.07) is 14.7. The summed E-state index contributed by atoms with van der Waals surface area (Å²) in [5, 5.41) is 15.3. The van der Waals surface area contributed by atoms with Crippen molar-refractivity contribution in [1.82, 2.24) is 5.32 Å². The van der Waals surface area contributed by atoms with Crippen LogP contribution in [0.25, 0.3) is 10.8 Å². The van der Waals surface area contributed by atoms with Crippen LogP contribution in [-0.2, 0) is 4.79 Å².